The smallest absolute Gasteiger partial charge is 0.256 e. The van der Waals surface area contributed by atoms with Gasteiger partial charge >= 0.3 is 0 Å². The molecule has 0 atom stereocenters. The Kier molecular flexibility index (Phi) is 5.30. The van der Waals surface area contributed by atoms with E-state index in [-0.39, 0.29) is 17.4 Å². The molecule has 0 radical (unpaired) electrons. The lowest BCUT2D eigenvalue weighted by molar-refractivity contribution is -0.121. The number of nitrogens with zero attached hydrogens (tertiary/aromatic N) is 1. The van der Waals surface area contributed by atoms with Gasteiger partial charge in [0.15, 0.2) is 0 Å². The van der Waals surface area contributed by atoms with Crippen LogP contribution < -0.4 is 5.32 Å². The lowest BCUT2D eigenvalue weighted by Crippen LogP contribution is -2.41. The van der Waals surface area contributed by atoms with Gasteiger partial charge in [-0.05, 0) is 49.6 Å². The molecule has 0 unspecified atom stereocenters. The summed E-state index contributed by atoms with van der Waals surface area (Å²) >= 11 is 0. The molecule has 3 rings (SSSR count). The van der Waals surface area contributed by atoms with Crippen molar-refractivity contribution in [2.75, 3.05) is 18.4 Å². The summed E-state index contributed by atoms with van der Waals surface area (Å²) in [4.78, 5) is 26.3. The van der Waals surface area contributed by atoms with E-state index in [1.165, 1.54) is 4.90 Å². The van der Waals surface area contributed by atoms with Crippen molar-refractivity contribution in [3.63, 3.8) is 0 Å². The quantitative estimate of drug-likeness (QED) is 0.908. The summed E-state index contributed by atoms with van der Waals surface area (Å²) in [5.41, 5.74) is 1.67. The number of likely N-dealkylation sites (tertiary alicyclic amines) is 1. The number of aryl methyl sites for hydroxylation is 1. The first-order valence-corrected chi connectivity index (χ1v) is 8.56. The van der Waals surface area contributed by atoms with E-state index >= 15 is 0 Å². The molecule has 0 aromatic heterocycles. The molecule has 2 aromatic rings. The van der Waals surface area contributed by atoms with Gasteiger partial charge in [0.2, 0.25) is 5.91 Å². The zero-order valence-corrected chi connectivity index (χ0v) is 14.5. The van der Waals surface area contributed by atoms with Crippen LogP contribution in [0.25, 0.3) is 0 Å². The lowest BCUT2D eigenvalue weighted by Gasteiger charge is -2.31. The Morgan fingerprint density at radius 2 is 1.81 bits per heavy atom. The van der Waals surface area contributed by atoms with E-state index in [0.717, 1.165) is 23.4 Å². The van der Waals surface area contributed by atoms with Crippen molar-refractivity contribution in [1.29, 1.82) is 0 Å². The molecule has 4 nitrogen and oxygen atoms in total. The van der Waals surface area contributed by atoms with Crippen LogP contribution in [0.3, 0.4) is 0 Å². The molecule has 1 N–H and O–H groups in total. The maximum absolute atomic E-state index is 13.8. The highest BCUT2D eigenvalue weighted by Gasteiger charge is 2.29. The zero-order valence-electron chi connectivity index (χ0n) is 14.5. The Labute approximate surface area is 150 Å². The molecular formula is C20H20F2N2O2. The zero-order chi connectivity index (χ0) is 18.7. The van der Waals surface area contributed by atoms with Gasteiger partial charge in [0, 0.05) is 30.8 Å². The number of piperidine rings is 1. The Morgan fingerprint density at radius 3 is 2.46 bits per heavy atom. The van der Waals surface area contributed by atoms with Gasteiger partial charge in [-0.1, -0.05) is 12.1 Å². The molecule has 1 heterocycles. The topological polar surface area (TPSA) is 49.4 Å². The Bertz CT molecular complexity index is 830. The number of hydrogen-bond donors (Lipinski definition) is 1. The standard InChI is InChI=1S/C20H20F2N2O2/c1-13-3-2-4-16(11-13)23-19(25)14-7-9-24(10-8-14)20(26)17-6-5-15(21)12-18(17)22/h2-6,11-12,14H,7-10H2,1H3,(H,23,25). The molecule has 0 spiro atoms. The normalized spacial score (nSPS) is 15.0. The van der Waals surface area contributed by atoms with Crippen molar-refractivity contribution in [3.05, 3.63) is 65.2 Å². The van der Waals surface area contributed by atoms with E-state index in [1.807, 2.05) is 31.2 Å². The molecule has 0 aliphatic carbocycles. The summed E-state index contributed by atoms with van der Waals surface area (Å²) < 4.78 is 26.8. The van der Waals surface area contributed by atoms with Crippen molar-refractivity contribution >= 4 is 17.5 Å². The molecule has 1 aliphatic rings. The molecule has 0 saturated carbocycles. The first kappa shape index (κ1) is 18.0. The summed E-state index contributed by atoms with van der Waals surface area (Å²) in [7, 11) is 0. The summed E-state index contributed by atoms with van der Waals surface area (Å²) in [5, 5.41) is 2.90. The summed E-state index contributed by atoms with van der Waals surface area (Å²) in [6.45, 7) is 2.68. The first-order valence-electron chi connectivity index (χ1n) is 8.56. The molecule has 1 saturated heterocycles. The summed E-state index contributed by atoms with van der Waals surface area (Å²) in [5.74, 6) is -2.33. The highest BCUT2D eigenvalue weighted by atomic mass is 19.1. The fourth-order valence-electron chi connectivity index (χ4n) is 3.15. The van der Waals surface area contributed by atoms with Crippen LogP contribution in [-0.2, 0) is 4.79 Å². The third-order valence-electron chi connectivity index (χ3n) is 4.60. The number of anilines is 1. The number of rotatable bonds is 3. The lowest BCUT2D eigenvalue weighted by atomic mass is 9.95. The fourth-order valence-corrected chi connectivity index (χ4v) is 3.15. The van der Waals surface area contributed by atoms with Crippen LogP contribution in [-0.4, -0.2) is 29.8 Å². The molecule has 136 valence electrons. The number of carbonyl (C=O) groups is 2. The van der Waals surface area contributed by atoms with Crippen LogP contribution in [0.5, 0.6) is 0 Å². The van der Waals surface area contributed by atoms with Gasteiger partial charge in [-0.3, -0.25) is 9.59 Å². The van der Waals surface area contributed by atoms with E-state index in [0.29, 0.717) is 32.0 Å². The highest BCUT2D eigenvalue weighted by molar-refractivity contribution is 5.95. The predicted molar refractivity (Wildman–Crippen MR) is 94.8 cm³/mol. The molecule has 0 bridgehead atoms. The minimum Gasteiger partial charge on any atom is -0.339 e. The molecule has 1 aliphatic heterocycles. The summed E-state index contributed by atoms with van der Waals surface area (Å²) in [6.07, 6.45) is 1.01. The third kappa shape index (κ3) is 4.07. The number of nitrogens with one attached hydrogen (secondary N) is 1. The monoisotopic (exact) mass is 358 g/mol. The van der Waals surface area contributed by atoms with E-state index in [9.17, 15) is 18.4 Å². The minimum absolute atomic E-state index is 0.0735. The highest BCUT2D eigenvalue weighted by Crippen LogP contribution is 2.22. The van der Waals surface area contributed by atoms with Crippen molar-refractivity contribution < 1.29 is 18.4 Å². The van der Waals surface area contributed by atoms with Crippen molar-refractivity contribution in [2.24, 2.45) is 5.92 Å². The van der Waals surface area contributed by atoms with E-state index < -0.39 is 17.5 Å². The molecule has 1 fully saturated rings. The van der Waals surface area contributed by atoms with Crippen molar-refractivity contribution in [3.8, 4) is 0 Å². The number of halogens is 2. The van der Waals surface area contributed by atoms with Crippen LogP contribution in [0.2, 0.25) is 0 Å². The Morgan fingerprint density at radius 1 is 1.08 bits per heavy atom. The number of hydrogen-bond acceptors (Lipinski definition) is 2. The van der Waals surface area contributed by atoms with Gasteiger partial charge in [-0.2, -0.15) is 0 Å². The average molecular weight is 358 g/mol. The number of amides is 2. The predicted octanol–water partition coefficient (Wildman–Crippen LogP) is 3.76. The number of benzene rings is 2. The van der Waals surface area contributed by atoms with Crippen LogP contribution >= 0.6 is 0 Å². The summed E-state index contributed by atoms with van der Waals surface area (Å²) in [6, 6.07) is 10.5. The van der Waals surface area contributed by atoms with E-state index in [2.05, 4.69) is 5.32 Å². The Balaban J connectivity index is 1.58. The number of carbonyl (C=O) groups excluding carboxylic acids is 2. The minimum atomic E-state index is -0.866. The average Bonchev–Trinajstić information content (AvgIpc) is 2.61. The second kappa shape index (κ2) is 7.64. The van der Waals surface area contributed by atoms with Crippen LogP contribution in [0.15, 0.2) is 42.5 Å². The van der Waals surface area contributed by atoms with Gasteiger partial charge in [0.05, 0.1) is 5.56 Å². The maximum atomic E-state index is 13.8. The largest absolute Gasteiger partial charge is 0.339 e. The molecular weight excluding hydrogens is 338 g/mol. The van der Waals surface area contributed by atoms with Crippen LogP contribution in [0, 0.1) is 24.5 Å². The second-order valence-corrected chi connectivity index (χ2v) is 6.55. The molecule has 26 heavy (non-hydrogen) atoms. The van der Waals surface area contributed by atoms with E-state index in [4.69, 9.17) is 0 Å². The van der Waals surface area contributed by atoms with Crippen molar-refractivity contribution in [2.45, 2.75) is 19.8 Å². The molecule has 2 aromatic carbocycles. The Hall–Kier alpha value is -2.76. The SMILES string of the molecule is Cc1cccc(NC(=O)C2CCN(C(=O)c3ccc(F)cc3F)CC2)c1. The van der Waals surface area contributed by atoms with Crippen LogP contribution in [0.4, 0.5) is 14.5 Å². The first-order chi connectivity index (χ1) is 12.4. The van der Waals surface area contributed by atoms with E-state index in [1.54, 1.807) is 0 Å². The molecule has 2 amide bonds. The van der Waals surface area contributed by atoms with Gasteiger partial charge in [-0.25, -0.2) is 8.78 Å². The molecule has 6 heteroatoms. The van der Waals surface area contributed by atoms with Crippen LogP contribution in [0.1, 0.15) is 28.8 Å². The maximum Gasteiger partial charge on any atom is 0.256 e. The van der Waals surface area contributed by atoms with Crippen molar-refractivity contribution in [1.82, 2.24) is 4.90 Å². The second-order valence-electron chi connectivity index (χ2n) is 6.55. The fraction of sp³-hybridized carbons (Fsp3) is 0.300. The van der Waals surface area contributed by atoms with Gasteiger partial charge < -0.3 is 10.2 Å². The van der Waals surface area contributed by atoms with Gasteiger partial charge in [0.25, 0.3) is 5.91 Å². The van der Waals surface area contributed by atoms with Gasteiger partial charge in [-0.15, -0.1) is 0 Å². The third-order valence-corrected chi connectivity index (χ3v) is 4.60. The van der Waals surface area contributed by atoms with Gasteiger partial charge in [0.1, 0.15) is 11.6 Å².